The molecule has 0 spiro atoms. The lowest BCUT2D eigenvalue weighted by atomic mass is 10.1. The van der Waals surface area contributed by atoms with Gasteiger partial charge in [-0.3, -0.25) is 14.9 Å². The Bertz CT molecular complexity index is 1420. The molecule has 4 rings (SSSR count). The number of amides is 4. The summed E-state index contributed by atoms with van der Waals surface area (Å²) >= 11 is 12.0. The van der Waals surface area contributed by atoms with Gasteiger partial charge in [0.1, 0.15) is 23.7 Å². The summed E-state index contributed by atoms with van der Waals surface area (Å²) in [6, 6.07) is 14.5. The van der Waals surface area contributed by atoms with Crippen molar-refractivity contribution in [1.82, 2.24) is 5.32 Å². The molecule has 1 N–H and O–H groups in total. The molecule has 3 aromatic carbocycles. The van der Waals surface area contributed by atoms with Crippen LogP contribution in [0.25, 0.3) is 6.08 Å². The number of imide groups is 2. The van der Waals surface area contributed by atoms with E-state index in [1.807, 2.05) is 32.0 Å². The Hall–Kier alpha value is -3.81. The van der Waals surface area contributed by atoms with Crippen molar-refractivity contribution in [2.24, 2.45) is 0 Å². The summed E-state index contributed by atoms with van der Waals surface area (Å²) in [4.78, 5) is 39.2. The molecule has 0 atom stereocenters. The summed E-state index contributed by atoms with van der Waals surface area (Å²) in [7, 11) is 1.53. The van der Waals surface area contributed by atoms with Gasteiger partial charge in [0, 0.05) is 11.6 Å². The van der Waals surface area contributed by atoms with Crippen molar-refractivity contribution < 1.29 is 23.9 Å². The number of halogens is 2. The number of hydrogen-bond donors (Lipinski definition) is 1. The number of urea groups is 1. The van der Waals surface area contributed by atoms with E-state index in [4.69, 9.17) is 32.7 Å². The van der Waals surface area contributed by atoms with E-state index in [2.05, 4.69) is 5.32 Å². The number of carbonyl (C=O) groups excluding carboxylic acids is 3. The highest BCUT2D eigenvalue weighted by molar-refractivity contribution is 6.43. The lowest BCUT2D eigenvalue weighted by molar-refractivity contribution is -0.122. The first kappa shape index (κ1) is 25.3. The molecule has 1 fully saturated rings. The van der Waals surface area contributed by atoms with Crippen molar-refractivity contribution in [2.75, 3.05) is 12.0 Å². The number of nitrogens with zero attached hydrogens (tertiary/aromatic N) is 1. The Balaban J connectivity index is 1.69. The molecule has 1 saturated heterocycles. The molecule has 3 aromatic rings. The van der Waals surface area contributed by atoms with Crippen molar-refractivity contribution in [3.8, 4) is 11.5 Å². The van der Waals surface area contributed by atoms with Gasteiger partial charge < -0.3 is 9.47 Å². The van der Waals surface area contributed by atoms with Crippen LogP contribution < -0.4 is 19.7 Å². The van der Waals surface area contributed by atoms with Gasteiger partial charge >= 0.3 is 6.03 Å². The largest absolute Gasteiger partial charge is 0.497 e. The van der Waals surface area contributed by atoms with Crippen molar-refractivity contribution in [3.05, 3.63) is 92.5 Å². The molecule has 0 aromatic heterocycles. The molecule has 184 valence electrons. The van der Waals surface area contributed by atoms with Crippen molar-refractivity contribution in [3.63, 3.8) is 0 Å². The van der Waals surface area contributed by atoms with E-state index in [0.717, 1.165) is 16.0 Å². The van der Waals surface area contributed by atoms with Gasteiger partial charge in [0.05, 0.1) is 22.8 Å². The normalized spacial score (nSPS) is 14.8. The van der Waals surface area contributed by atoms with Gasteiger partial charge in [0.2, 0.25) is 0 Å². The first-order chi connectivity index (χ1) is 17.2. The van der Waals surface area contributed by atoms with Crippen LogP contribution in [0.15, 0.2) is 60.2 Å². The van der Waals surface area contributed by atoms with E-state index >= 15 is 0 Å². The van der Waals surface area contributed by atoms with Gasteiger partial charge in [-0.1, -0.05) is 41.4 Å². The second-order valence-corrected chi connectivity index (χ2v) is 8.98. The number of anilines is 1. The fraction of sp³-hybridized carbons (Fsp3) is 0.148. The Morgan fingerprint density at radius 2 is 1.69 bits per heavy atom. The summed E-state index contributed by atoms with van der Waals surface area (Å²) in [6.07, 6.45) is 1.38. The summed E-state index contributed by atoms with van der Waals surface area (Å²) in [5.74, 6) is -0.687. The van der Waals surface area contributed by atoms with E-state index in [0.29, 0.717) is 17.1 Å². The molecule has 0 unspecified atom stereocenters. The summed E-state index contributed by atoms with van der Waals surface area (Å²) < 4.78 is 11.4. The monoisotopic (exact) mass is 524 g/mol. The van der Waals surface area contributed by atoms with Gasteiger partial charge in [-0.15, -0.1) is 0 Å². The number of ether oxygens (including phenoxy) is 2. The van der Waals surface area contributed by atoms with Crippen molar-refractivity contribution in [2.45, 2.75) is 20.5 Å². The van der Waals surface area contributed by atoms with Crippen molar-refractivity contribution in [1.29, 1.82) is 0 Å². The number of methoxy groups -OCH3 is 1. The second-order valence-electron chi connectivity index (χ2n) is 8.17. The molecular weight excluding hydrogens is 503 g/mol. The zero-order valence-corrected chi connectivity index (χ0v) is 21.2. The Morgan fingerprint density at radius 3 is 2.39 bits per heavy atom. The standard InChI is InChI=1S/C27H22Cl2N2O5/c1-15-4-5-17(10-16(15)2)14-36-24-13-20(35-3)8-6-18(24)11-21-25(32)30-27(34)31(26(21)33)19-7-9-22(28)23(29)12-19/h4-13H,14H2,1-3H3,(H,30,32,34)/b21-11+. The third-order valence-electron chi connectivity index (χ3n) is 5.75. The van der Waals surface area contributed by atoms with Crippen LogP contribution in [0.5, 0.6) is 11.5 Å². The van der Waals surface area contributed by atoms with E-state index in [9.17, 15) is 14.4 Å². The van der Waals surface area contributed by atoms with Crippen LogP contribution in [0.4, 0.5) is 10.5 Å². The molecule has 0 bridgehead atoms. The smallest absolute Gasteiger partial charge is 0.335 e. The average molecular weight is 525 g/mol. The third kappa shape index (κ3) is 5.22. The first-order valence-electron chi connectivity index (χ1n) is 10.9. The molecule has 4 amide bonds. The molecule has 1 heterocycles. The highest BCUT2D eigenvalue weighted by Crippen LogP contribution is 2.31. The molecule has 1 aliphatic heterocycles. The van der Waals surface area contributed by atoms with Crippen LogP contribution in [0.3, 0.4) is 0 Å². The first-order valence-corrected chi connectivity index (χ1v) is 11.7. The topological polar surface area (TPSA) is 84.9 Å². The molecule has 0 saturated carbocycles. The lowest BCUT2D eigenvalue weighted by Gasteiger charge is -2.26. The molecule has 9 heteroatoms. The summed E-state index contributed by atoms with van der Waals surface area (Å²) in [5.41, 5.74) is 3.66. The van der Waals surface area contributed by atoms with Gasteiger partial charge in [-0.2, -0.15) is 0 Å². The van der Waals surface area contributed by atoms with Gasteiger partial charge in [0.25, 0.3) is 11.8 Å². The average Bonchev–Trinajstić information content (AvgIpc) is 2.85. The number of hydrogen-bond acceptors (Lipinski definition) is 5. The Kier molecular flexibility index (Phi) is 7.33. The summed E-state index contributed by atoms with van der Waals surface area (Å²) in [6.45, 7) is 4.32. The van der Waals surface area contributed by atoms with E-state index in [-0.39, 0.29) is 27.9 Å². The quantitative estimate of drug-likeness (QED) is 0.322. The maximum absolute atomic E-state index is 13.3. The molecular formula is C27H22Cl2N2O5. The Labute approximate surface area is 218 Å². The number of benzene rings is 3. The number of carbonyl (C=O) groups is 3. The zero-order chi connectivity index (χ0) is 26.0. The number of barbiturate groups is 1. The SMILES string of the molecule is COc1ccc(/C=C2\C(=O)NC(=O)N(c3ccc(Cl)c(Cl)c3)C2=O)c(OCc2ccc(C)c(C)c2)c1. The van der Waals surface area contributed by atoms with E-state index < -0.39 is 17.8 Å². The van der Waals surface area contributed by atoms with Crippen LogP contribution in [0.1, 0.15) is 22.3 Å². The minimum absolute atomic E-state index is 0.161. The minimum atomic E-state index is -0.888. The number of aryl methyl sites for hydroxylation is 2. The molecule has 36 heavy (non-hydrogen) atoms. The molecule has 7 nitrogen and oxygen atoms in total. The van der Waals surface area contributed by atoms with E-state index in [1.54, 1.807) is 18.2 Å². The van der Waals surface area contributed by atoms with Gasteiger partial charge in [-0.25, -0.2) is 9.69 Å². The predicted octanol–water partition coefficient (Wildman–Crippen LogP) is 5.86. The van der Waals surface area contributed by atoms with Crippen LogP contribution in [-0.2, 0) is 16.2 Å². The highest BCUT2D eigenvalue weighted by atomic mass is 35.5. The Morgan fingerprint density at radius 1 is 0.917 bits per heavy atom. The number of nitrogens with one attached hydrogen (secondary N) is 1. The zero-order valence-electron chi connectivity index (χ0n) is 19.7. The van der Waals surface area contributed by atoms with Crippen LogP contribution >= 0.6 is 23.2 Å². The third-order valence-corrected chi connectivity index (χ3v) is 6.49. The highest BCUT2D eigenvalue weighted by Gasteiger charge is 2.37. The van der Waals surface area contributed by atoms with Crippen LogP contribution in [-0.4, -0.2) is 25.0 Å². The fourth-order valence-electron chi connectivity index (χ4n) is 3.61. The summed E-state index contributed by atoms with van der Waals surface area (Å²) in [5, 5.41) is 2.62. The predicted molar refractivity (Wildman–Crippen MR) is 139 cm³/mol. The van der Waals surface area contributed by atoms with Crippen LogP contribution in [0.2, 0.25) is 10.0 Å². The fourth-order valence-corrected chi connectivity index (χ4v) is 3.90. The van der Waals surface area contributed by atoms with Gasteiger partial charge in [0.15, 0.2) is 0 Å². The molecule has 0 aliphatic carbocycles. The minimum Gasteiger partial charge on any atom is -0.497 e. The lowest BCUT2D eigenvalue weighted by Crippen LogP contribution is -2.54. The molecule has 1 aliphatic rings. The van der Waals surface area contributed by atoms with Crippen molar-refractivity contribution >= 4 is 52.8 Å². The van der Waals surface area contributed by atoms with E-state index in [1.165, 1.54) is 36.9 Å². The van der Waals surface area contributed by atoms with Gasteiger partial charge in [-0.05, 0) is 66.9 Å². The molecule has 0 radical (unpaired) electrons. The van der Waals surface area contributed by atoms with Crippen LogP contribution in [0, 0.1) is 13.8 Å². The maximum Gasteiger partial charge on any atom is 0.335 e. The number of rotatable bonds is 6. The maximum atomic E-state index is 13.3. The second kappa shape index (κ2) is 10.4.